The molecule has 1 aromatic carbocycles. The van der Waals surface area contributed by atoms with Gasteiger partial charge in [-0.25, -0.2) is 4.39 Å². The minimum Gasteiger partial charge on any atom is -0.496 e. The van der Waals surface area contributed by atoms with Crippen molar-refractivity contribution in [3.8, 4) is 5.75 Å². The number of hydrogen-bond acceptors (Lipinski definition) is 4. The van der Waals surface area contributed by atoms with Crippen LogP contribution in [0.2, 0.25) is 0 Å². The van der Waals surface area contributed by atoms with E-state index in [4.69, 9.17) is 15.2 Å². The highest BCUT2D eigenvalue weighted by molar-refractivity contribution is 5.75. The molecule has 0 radical (unpaired) electrons. The summed E-state index contributed by atoms with van der Waals surface area (Å²) in [5.41, 5.74) is 6.45. The van der Waals surface area contributed by atoms with E-state index in [0.29, 0.717) is 5.75 Å². The summed E-state index contributed by atoms with van der Waals surface area (Å²) < 4.78 is 24.4. The summed E-state index contributed by atoms with van der Waals surface area (Å²) >= 11 is 0. The van der Waals surface area contributed by atoms with Crippen molar-refractivity contribution in [2.75, 3.05) is 7.11 Å². The second-order valence-corrected chi connectivity index (χ2v) is 5.92. The molecular formula is C18H28FNO3. The van der Waals surface area contributed by atoms with Gasteiger partial charge in [-0.15, -0.1) is 0 Å². The number of halogens is 1. The number of hydrogen-bond donors (Lipinski definition) is 1. The topological polar surface area (TPSA) is 61.5 Å². The standard InChI is InChI=1S/C18H28FNO3/c1-6-13(7-2)17(12(4)23-18(21)11(3)20)15-9-8-14(19)10-16(15)22-5/h8-13,17H,6-7,20H2,1-5H3/t11-,12-,17+/m0/s1. The average molecular weight is 325 g/mol. The molecule has 1 rings (SSSR count). The summed E-state index contributed by atoms with van der Waals surface area (Å²) in [4.78, 5) is 11.9. The van der Waals surface area contributed by atoms with Gasteiger partial charge in [0.2, 0.25) is 0 Å². The maximum Gasteiger partial charge on any atom is 0.322 e. The molecule has 0 amide bonds. The first-order chi connectivity index (χ1) is 10.8. The summed E-state index contributed by atoms with van der Waals surface area (Å²) in [6.45, 7) is 7.64. The monoisotopic (exact) mass is 325 g/mol. The number of carbonyl (C=O) groups is 1. The Kier molecular flexibility index (Phi) is 7.49. The predicted octanol–water partition coefficient (Wildman–Crippen LogP) is 3.63. The predicted molar refractivity (Wildman–Crippen MR) is 89.0 cm³/mol. The highest BCUT2D eigenvalue weighted by Crippen LogP contribution is 2.39. The first-order valence-electron chi connectivity index (χ1n) is 8.15. The van der Waals surface area contributed by atoms with Crippen LogP contribution in [-0.4, -0.2) is 25.2 Å². The van der Waals surface area contributed by atoms with Crippen LogP contribution in [0.5, 0.6) is 5.75 Å². The Morgan fingerprint density at radius 2 is 1.87 bits per heavy atom. The van der Waals surface area contributed by atoms with Crippen LogP contribution in [0.3, 0.4) is 0 Å². The minimum atomic E-state index is -0.671. The van der Waals surface area contributed by atoms with Crippen LogP contribution < -0.4 is 10.5 Å². The van der Waals surface area contributed by atoms with E-state index in [0.717, 1.165) is 18.4 Å². The van der Waals surface area contributed by atoms with E-state index >= 15 is 0 Å². The van der Waals surface area contributed by atoms with Crippen LogP contribution in [-0.2, 0) is 9.53 Å². The molecule has 0 bridgehead atoms. The highest BCUT2D eigenvalue weighted by atomic mass is 19.1. The maximum atomic E-state index is 13.5. The molecule has 1 aromatic rings. The fourth-order valence-corrected chi connectivity index (χ4v) is 3.01. The minimum absolute atomic E-state index is 0.0803. The summed E-state index contributed by atoms with van der Waals surface area (Å²) in [5, 5.41) is 0. The van der Waals surface area contributed by atoms with Crippen molar-refractivity contribution in [3.63, 3.8) is 0 Å². The fraction of sp³-hybridized carbons (Fsp3) is 0.611. The first-order valence-corrected chi connectivity index (χ1v) is 8.15. The second kappa shape index (κ2) is 8.87. The largest absolute Gasteiger partial charge is 0.496 e. The van der Waals surface area contributed by atoms with Gasteiger partial charge in [0.1, 0.15) is 23.7 Å². The van der Waals surface area contributed by atoms with Gasteiger partial charge in [-0.2, -0.15) is 0 Å². The Labute approximate surface area is 138 Å². The van der Waals surface area contributed by atoms with Crippen LogP contribution in [0, 0.1) is 11.7 Å². The third kappa shape index (κ3) is 4.93. The zero-order valence-electron chi connectivity index (χ0n) is 14.6. The first kappa shape index (κ1) is 19.4. The van der Waals surface area contributed by atoms with Crippen LogP contribution >= 0.6 is 0 Å². The van der Waals surface area contributed by atoms with Crippen molar-refractivity contribution in [3.05, 3.63) is 29.6 Å². The van der Waals surface area contributed by atoms with E-state index in [2.05, 4.69) is 13.8 Å². The molecule has 5 heteroatoms. The zero-order chi connectivity index (χ0) is 17.6. The quantitative estimate of drug-likeness (QED) is 0.741. The van der Waals surface area contributed by atoms with E-state index in [-0.39, 0.29) is 23.8 Å². The van der Waals surface area contributed by atoms with E-state index in [9.17, 15) is 9.18 Å². The Balaban J connectivity index is 3.22. The molecular weight excluding hydrogens is 297 g/mol. The van der Waals surface area contributed by atoms with Gasteiger partial charge in [0.15, 0.2) is 0 Å². The van der Waals surface area contributed by atoms with Gasteiger partial charge in [0, 0.05) is 17.5 Å². The molecule has 2 N–H and O–H groups in total. The van der Waals surface area contributed by atoms with Gasteiger partial charge in [-0.1, -0.05) is 32.8 Å². The number of methoxy groups -OCH3 is 1. The lowest BCUT2D eigenvalue weighted by Gasteiger charge is -2.32. The summed E-state index contributed by atoms with van der Waals surface area (Å²) in [6.07, 6.45) is 1.46. The zero-order valence-corrected chi connectivity index (χ0v) is 14.6. The van der Waals surface area contributed by atoms with Gasteiger partial charge >= 0.3 is 5.97 Å². The normalized spacial score (nSPS) is 15.1. The van der Waals surface area contributed by atoms with Gasteiger partial charge in [0.05, 0.1) is 7.11 Å². The highest BCUT2D eigenvalue weighted by Gasteiger charge is 2.31. The van der Waals surface area contributed by atoms with Crippen LogP contribution in [0.25, 0.3) is 0 Å². The Bertz CT molecular complexity index is 515. The number of esters is 1. The number of carbonyl (C=O) groups excluding carboxylic acids is 1. The van der Waals surface area contributed by atoms with Crippen LogP contribution in [0.1, 0.15) is 52.0 Å². The molecule has 0 aliphatic rings. The lowest BCUT2D eigenvalue weighted by molar-refractivity contribution is -0.151. The lowest BCUT2D eigenvalue weighted by Crippen LogP contribution is -2.35. The van der Waals surface area contributed by atoms with Gasteiger partial charge in [0.25, 0.3) is 0 Å². The molecule has 4 nitrogen and oxygen atoms in total. The number of ether oxygens (including phenoxy) is 2. The van der Waals surface area contributed by atoms with Crippen molar-refractivity contribution < 1.29 is 18.7 Å². The summed E-state index contributed by atoms with van der Waals surface area (Å²) in [7, 11) is 1.51. The molecule has 0 unspecified atom stereocenters. The molecule has 0 spiro atoms. The van der Waals surface area contributed by atoms with Crippen LogP contribution in [0.15, 0.2) is 18.2 Å². The summed E-state index contributed by atoms with van der Waals surface area (Å²) in [5.74, 6) is -0.109. The van der Waals surface area contributed by atoms with E-state index in [1.54, 1.807) is 13.0 Å². The number of benzene rings is 1. The van der Waals surface area contributed by atoms with E-state index < -0.39 is 12.0 Å². The van der Waals surface area contributed by atoms with Crippen molar-refractivity contribution in [2.24, 2.45) is 11.7 Å². The lowest BCUT2D eigenvalue weighted by atomic mass is 9.79. The van der Waals surface area contributed by atoms with Gasteiger partial charge in [-0.3, -0.25) is 4.79 Å². The average Bonchev–Trinajstić information content (AvgIpc) is 2.52. The van der Waals surface area contributed by atoms with Crippen molar-refractivity contribution in [1.29, 1.82) is 0 Å². The van der Waals surface area contributed by atoms with Gasteiger partial charge in [-0.05, 0) is 25.8 Å². The molecule has 0 fully saturated rings. The molecule has 0 aliphatic heterocycles. The second-order valence-electron chi connectivity index (χ2n) is 5.92. The molecule has 23 heavy (non-hydrogen) atoms. The third-order valence-electron chi connectivity index (χ3n) is 4.29. The number of nitrogens with two attached hydrogens (primary N) is 1. The molecule has 3 atom stereocenters. The molecule has 0 heterocycles. The molecule has 0 saturated carbocycles. The van der Waals surface area contributed by atoms with E-state index in [1.807, 2.05) is 6.92 Å². The molecule has 0 aliphatic carbocycles. The SMILES string of the molecule is CCC(CC)[C@H](c1ccc(F)cc1OC)[C@H](C)OC(=O)[C@H](C)N. The summed E-state index contributed by atoms with van der Waals surface area (Å²) in [6, 6.07) is 3.82. The molecule has 0 saturated heterocycles. The van der Waals surface area contributed by atoms with Crippen LogP contribution in [0.4, 0.5) is 4.39 Å². The third-order valence-corrected chi connectivity index (χ3v) is 4.29. The van der Waals surface area contributed by atoms with Crippen molar-refractivity contribution in [1.82, 2.24) is 0 Å². The smallest absolute Gasteiger partial charge is 0.322 e. The fourth-order valence-electron chi connectivity index (χ4n) is 3.01. The Morgan fingerprint density at radius 1 is 1.26 bits per heavy atom. The Hall–Kier alpha value is -1.62. The van der Waals surface area contributed by atoms with E-state index in [1.165, 1.54) is 19.2 Å². The molecule has 130 valence electrons. The molecule has 0 aromatic heterocycles. The van der Waals surface area contributed by atoms with Crippen molar-refractivity contribution >= 4 is 5.97 Å². The van der Waals surface area contributed by atoms with Crippen molar-refractivity contribution in [2.45, 2.75) is 58.6 Å². The van der Waals surface area contributed by atoms with Gasteiger partial charge < -0.3 is 15.2 Å². The Morgan fingerprint density at radius 3 is 2.35 bits per heavy atom. The number of rotatable bonds is 8. The maximum absolute atomic E-state index is 13.5.